The van der Waals surface area contributed by atoms with Crippen LogP contribution in [0.5, 0.6) is 11.5 Å². The van der Waals surface area contributed by atoms with Gasteiger partial charge in [0.05, 0.1) is 23.8 Å². The van der Waals surface area contributed by atoms with Crippen LogP contribution in [0.15, 0.2) is 16.6 Å². The van der Waals surface area contributed by atoms with Crippen molar-refractivity contribution in [2.24, 2.45) is 0 Å². The highest BCUT2D eigenvalue weighted by atomic mass is 79.9. The molecule has 0 aliphatic carbocycles. The molecule has 2 heterocycles. The van der Waals surface area contributed by atoms with E-state index >= 15 is 0 Å². The maximum absolute atomic E-state index is 9.51. The first-order valence-electron chi connectivity index (χ1n) is 6.60. The summed E-state index contributed by atoms with van der Waals surface area (Å²) in [6.45, 7) is 3.97. The van der Waals surface area contributed by atoms with Crippen molar-refractivity contribution >= 4 is 15.9 Å². The van der Waals surface area contributed by atoms with Gasteiger partial charge in [-0.15, -0.1) is 0 Å². The summed E-state index contributed by atoms with van der Waals surface area (Å²) in [6.07, 6.45) is 0. The summed E-state index contributed by atoms with van der Waals surface area (Å²) in [5, 5.41) is 9.51. The lowest BCUT2D eigenvalue weighted by Gasteiger charge is -2.31. The molecule has 0 bridgehead atoms. The smallest absolute Gasteiger partial charge is 0.175 e. The molecule has 2 aliphatic heterocycles. The SMILES string of the molecule is N#CC(c1cc(Br)c2c(c1)OCCO2)N1CCOCC1. The van der Waals surface area contributed by atoms with E-state index in [1.807, 2.05) is 12.1 Å². The minimum Gasteiger partial charge on any atom is -0.486 e. The van der Waals surface area contributed by atoms with Crippen molar-refractivity contribution in [3.63, 3.8) is 0 Å². The molecule has 0 N–H and O–H groups in total. The number of nitrogens with zero attached hydrogens (tertiary/aromatic N) is 2. The predicted octanol–water partition coefficient (Wildman–Crippen LogP) is 2.12. The van der Waals surface area contributed by atoms with Crippen LogP contribution in [0.2, 0.25) is 0 Å². The fourth-order valence-electron chi connectivity index (χ4n) is 2.49. The molecule has 1 unspecified atom stereocenters. The van der Waals surface area contributed by atoms with Gasteiger partial charge in [0.1, 0.15) is 19.3 Å². The third kappa shape index (κ3) is 2.62. The lowest BCUT2D eigenvalue weighted by atomic mass is 10.0. The average Bonchev–Trinajstić information content (AvgIpc) is 2.49. The number of rotatable bonds is 2. The molecule has 0 aromatic heterocycles. The van der Waals surface area contributed by atoms with Crippen LogP contribution in [-0.2, 0) is 4.74 Å². The van der Waals surface area contributed by atoms with E-state index < -0.39 is 0 Å². The lowest BCUT2D eigenvalue weighted by molar-refractivity contribution is 0.0265. The van der Waals surface area contributed by atoms with E-state index in [4.69, 9.17) is 14.2 Å². The molecule has 1 atom stereocenters. The lowest BCUT2D eigenvalue weighted by Crippen LogP contribution is -2.38. The van der Waals surface area contributed by atoms with Gasteiger partial charge in [0.25, 0.3) is 0 Å². The van der Waals surface area contributed by atoms with E-state index in [1.54, 1.807) is 0 Å². The normalized spacial score (nSPS) is 20.2. The van der Waals surface area contributed by atoms with Crippen LogP contribution in [-0.4, -0.2) is 44.4 Å². The molecular formula is C14H15BrN2O3. The first-order chi connectivity index (χ1) is 9.79. The topological polar surface area (TPSA) is 54.7 Å². The molecule has 0 radical (unpaired) electrons. The Bertz CT molecular complexity index is 538. The first-order valence-corrected chi connectivity index (χ1v) is 7.39. The molecule has 0 saturated carbocycles. The Kier molecular flexibility index (Phi) is 4.10. The van der Waals surface area contributed by atoms with Crippen LogP contribution in [0.1, 0.15) is 11.6 Å². The molecule has 0 amide bonds. The maximum Gasteiger partial charge on any atom is 0.175 e. The minimum absolute atomic E-state index is 0.286. The van der Waals surface area contributed by atoms with E-state index in [0.29, 0.717) is 32.2 Å². The predicted molar refractivity (Wildman–Crippen MR) is 75.9 cm³/mol. The summed E-state index contributed by atoms with van der Waals surface area (Å²) in [5.41, 5.74) is 0.922. The Hall–Kier alpha value is -1.29. The largest absolute Gasteiger partial charge is 0.486 e. The van der Waals surface area contributed by atoms with Crippen molar-refractivity contribution in [2.75, 3.05) is 39.5 Å². The quantitative estimate of drug-likeness (QED) is 0.826. The monoisotopic (exact) mass is 338 g/mol. The summed E-state index contributed by atoms with van der Waals surface area (Å²) < 4.78 is 17.4. The van der Waals surface area contributed by atoms with Crippen LogP contribution in [0.25, 0.3) is 0 Å². The number of hydrogen-bond donors (Lipinski definition) is 0. The highest BCUT2D eigenvalue weighted by Crippen LogP contribution is 2.40. The molecule has 20 heavy (non-hydrogen) atoms. The van der Waals surface area contributed by atoms with Crippen LogP contribution in [0, 0.1) is 11.3 Å². The third-order valence-corrected chi connectivity index (χ3v) is 4.06. The molecule has 0 spiro atoms. The van der Waals surface area contributed by atoms with E-state index in [2.05, 4.69) is 26.9 Å². The van der Waals surface area contributed by atoms with Gasteiger partial charge in [0, 0.05) is 13.1 Å². The zero-order valence-corrected chi connectivity index (χ0v) is 12.6. The molecule has 106 valence electrons. The summed E-state index contributed by atoms with van der Waals surface area (Å²) in [4.78, 5) is 2.13. The van der Waals surface area contributed by atoms with Crippen molar-refractivity contribution < 1.29 is 14.2 Å². The second-order valence-electron chi connectivity index (χ2n) is 4.71. The second kappa shape index (κ2) is 6.00. The number of benzene rings is 1. The van der Waals surface area contributed by atoms with Gasteiger partial charge in [-0.1, -0.05) is 0 Å². The van der Waals surface area contributed by atoms with Crippen molar-refractivity contribution in [1.29, 1.82) is 5.26 Å². The van der Waals surface area contributed by atoms with Gasteiger partial charge in [-0.2, -0.15) is 5.26 Å². The van der Waals surface area contributed by atoms with E-state index in [9.17, 15) is 5.26 Å². The number of hydrogen-bond acceptors (Lipinski definition) is 5. The second-order valence-corrected chi connectivity index (χ2v) is 5.56. The fraction of sp³-hybridized carbons (Fsp3) is 0.500. The summed E-state index contributed by atoms with van der Waals surface area (Å²) in [5.74, 6) is 1.42. The number of ether oxygens (including phenoxy) is 3. The van der Waals surface area contributed by atoms with E-state index in [0.717, 1.165) is 28.9 Å². The van der Waals surface area contributed by atoms with Gasteiger partial charge >= 0.3 is 0 Å². The zero-order chi connectivity index (χ0) is 13.9. The molecule has 6 heteroatoms. The van der Waals surface area contributed by atoms with Crippen LogP contribution >= 0.6 is 15.9 Å². The first kappa shape index (κ1) is 13.7. The molecule has 1 saturated heterocycles. The number of morpholine rings is 1. The molecule has 3 rings (SSSR count). The van der Waals surface area contributed by atoms with Crippen molar-refractivity contribution in [2.45, 2.75) is 6.04 Å². The average molecular weight is 339 g/mol. The maximum atomic E-state index is 9.51. The standard InChI is InChI=1S/C14H15BrN2O3/c15-11-7-10(8-13-14(11)20-6-5-19-13)12(9-16)17-1-3-18-4-2-17/h7-8,12H,1-6H2. The number of nitriles is 1. The van der Waals surface area contributed by atoms with Gasteiger partial charge in [0.2, 0.25) is 0 Å². The van der Waals surface area contributed by atoms with E-state index in [1.165, 1.54) is 0 Å². The van der Waals surface area contributed by atoms with Crippen molar-refractivity contribution in [3.05, 3.63) is 22.2 Å². The molecule has 2 aliphatic rings. The minimum atomic E-state index is -0.286. The fourth-order valence-corrected chi connectivity index (χ4v) is 3.07. The Balaban J connectivity index is 1.91. The summed E-state index contributed by atoms with van der Waals surface area (Å²) in [6, 6.07) is 5.94. The molecule has 5 nitrogen and oxygen atoms in total. The molecular weight excluding hydrogens is 324 g/mol. The summed E-state index contributed by atoms with van der Waals surface area (Å²) in [7, 11) is 0. The molecule has 1 aromatic carbocycles. The van der Waals surface area contributed by atoms with Gasteiger partial charge in [-0.25, -0.2) is 0 Å². The number of fused-ring (bicyclic) bond motifs is 1. The van der Waals surface area contributed by atoms with Crippen LogP contribution < -0.4 is 9.47 Å². The highest BCUT2D eigenvalue weighted by molar-refractivity contribution is 9.10. The van der Waals surface area contributed by atoms with Gasteiger partial charge in [-0.05, 0) is 33.6 Å². The Morgan fingerprint density at radius 2 is 1.90 bits per heavy atom. The van der Waals surface area contributed by atoms with E-state index in [-0.39, 0.29) is 6.04 Å². The van der Waals surface area contributed by atoms with Gasteiger partial charge in [-0.3, -0.25) is 4.90 Å². The molecule has 1 fully saturated rings. The Morgan fingerprint density at radius 1 is 1.15 bits per heavy atom. The summed E-state index contributed by atoms with van der Waals surface area (Å²) >= 11 is 3.50. The zero-order valence-electron chi connectivity index (χ0n) is 11.0. The van der Waals surface area contributed by atoms with Crippen molar-refractivity contribution in [1.82, 2.24) is 4.90 Å². The number of halogens is 1. The highest BCUT2D eigenvalue weighted by Gasteiger charge is 2.25. The van der Waals surface area contributed by atoms with Gasteiger partial charge < -0.3 is 14.2 Å². The van der Waals surface area contributed by atoms with Crippen molar-refractivity contribution in [3.8, 4) is 17.6 Å². The van der Waals surface area contributed by atoms with Gasteiger partial charge in [0.15, 0.2) is 11.5 Å². The molecule has 1 aromatic rings. The van der Waals surface area contributed by atoms with Crippen LogP contribution in [0.3, 0.4) is 0 Å². The third-order valence-electron chi connectivity index (χ3n) is 3.47. The Labute approximate surface area is 126 Å². The Morgan fingerprint density at radius 3 is 2.65 bits per heavy atom. The van der Waals surface area contributed by atoms with Crippen LogP contribution in [0.4, 0.5) is 0 Å².